The molecule has 14 heavy (non-hydrogen) atoms. The first kappa shape index (κ1) is 15.1. The van der Waals surface area contributed by atoms with Crippen molar-refractivity contribution in [1.82, 2.24) is 0 Å². The highest BCUT2D eigenvalue weighted by Gasteiger charge is 2.62. The van der Waals surface area contributed by atoms with Gasteiger partial charge in [-0.05, 0) is 27.7 Å². The number of hydrogen-bond acceptors (Lipinski definition) is 2. The van der Waals surface area contributed by atoms with Crippen molar-refractivity contribution in [3.05, 3.63) is 0 Å². The van der Waals surface area contributed by atoms with E-state index < -0.39 is 19.9 Å². The minimum absolute atomic E-state index is 1.36. The zero-order valence-electron chi connectivity index (χ0n) is 8.41. The second kappa shape index (κ2) is 3.83. The molecule has 0 bridgehead atoms. The molecule has 0 saturated carbocycles. The van der Waals surface area contributed by atoms with Gasteiger partial charge in [0.2, 0.25) is 0 Å². The Kier molecular flexibility index (Phi) is 4.13. The van der Waals surface area contributed by atoms with Crippen molar-refractivity contribution in [2.75, 3.05) is 0 Å². The van der Waals surface area contributed by atoms with Crippen LogP contribution in [0.25, 0.3) is 0 Å². The van der Waals surface area contributed by atoms with Crippen molar-refractivity contribution in [2.24, 2.45) is 0 Å². The topological polar surface area (TPSA) is 40.5 Å². The summed E-state index contributed by atoms with van der Waals surface area (Å²) in [6, 6.07) is 0. The summed E-state index contributed by atoms with van der Waals surface area (Å²) in [5, 5.41) is 19.4. The molecule has 0 fully saturated rings. The average molecular weight is 284 g/mol. The summed E-state index contributed by atoms with van der Waals surface area (Å²) in [7, 11) is 0. The summed E-state index contributed by atoms with van der Waals surface area (Å²) >= 11 is 23.5. The van der Waals surface area contributed by atoms with E-state index >= 15 is 0 Å². The first-order chi connectivity index (χ1) is 5.75. The molecule has 0 rings (SSSR count). The van der Waals surface area contributed by atoms with Gasteiger partial charge < -0.3 is 10.2 Å². The maximum absolute atomic E-state index is 9.70. The number of aliphatic hydroxyl groups is 2. The molecule has 0 amide bonds. The quantitative estimate of drug-likeness (QED) is 0.782. The molecule has 0 saturated heterocycles. The van der Waals surface area contributed by atoms with Gasteiger partial charge in [-0.25, -0.2) is 0 Å². The Morgan fingerprint density at radius 1 is 0.643 bits per heavy atom. The summed E-state index contributed by atoms with van der Waals surface area (Å²) < 4.78 is -3.80. The highest BCUT2D eigenvalue weighted by Crippen LogP contribution is 2.54. The predicted octanol–water partition coefficient (Wildman–Crippen LogP) is 2.88. The summed E-state index contributed by atoms with van der Waals surface area (Å²) in [5.41, 5.74) is -3.11. The van der Waals surface area contributed by atoms with Gasteiger partial charge in [-0.3, -0.25) is 0 Å². The first-order valence-corrected chi connectivity index (χ1v) is 5.47. The fourth-order valence-electron chi connectivity index (χ4n) is 0.768. The Morgan fingerprint density at radius 3 is 0.857 bits per heavy atom. The molecule has 0 unspecified atom stereocenters. The summed E-state index contributed by atoms with van der Waals surface area (Å²) in [5.74, 6) is 0. The number of rotatable bonds is 3. The van der Waals surface area contributed by atoms with Crippen molar-refractivity contribution >= 4 is 46.4 Å². The lowest BCUT2D eigenvalue weighted by Gasteiger charge is -2.46. The third kappa shape index (κ3) is 2.42. The second-order valence-electron chi connectivity index (χ2n) is 4.27. The number of alkyl halides is 4. The van der Waals surface area contributed by atoms with Crippen LogP contribution in [0, 0.1) is 0 Å². The summed E-state index contributed by atoms with van der Waals surface area (Å²) in [4.78, 5) is 0. The van der Waals surface area contributed by atoms with Gasteiger partial charge in [0.05, 0.1) is 11.2 Å². The van der Waals surface area contributed by atoms with E-state index in [1.807, 2.05) is 0 Å². The van der Waals surface area contributed by atoms with E-state index in [2.05, 4.69) is 0 Å². The van der Waals surface area contributed by atoms with Gasteiger partial charge >= 0.3 is 0 Å². The van der Waals surface area contributed by atoms with Crippen molar-refractivity contribution in [3.8, 4) is 0 Å². The van der Waals surface area contributed by atoms with Gasteiger partial charge in [0, 0.05) is 0 Å². The molecule has 0 aliphatic heterocycles. The minimum Gasteiger partial charge on any atom is -0.387 e. The van der Waals surface area contributed by atoms with Crippen LogP contribution < -0.4 is 0 Å². The molecule has 0 spiro atoms. The molecule has 0 aromatic heterocycles. The van der Waals surface area contributed by atoms with Gasteiger partial charge in [0.1, 0.15) is 0 Å². The van der Waals surface area contributed by atoms with E-state index in [1.165, 1.54) is 27.7 Å². The molecule has 0 heterocycles. The standard InChI is InChI=1S/C8H14Cl4O2/c1-5(2,13)7(9,10)8(11,12)6(3,4)14/h13-14H,1-4H3. The molecule has 0 atom stereocenters. The molecule has 0 radical (unpaired) electrons. The average Bonchev–Trinajstić information content (AvgIpc) is 1.81. The van der Waals surface area contributed by atoms with Crippen LogP contribution in [-0.4, -0.2) is 30.1 Å². The maximum atomic E-state index is 9.70. The number of hydrogen-bond donors (Lipinski definition) is 2. The third-order valence-electron chi connectivity index (χ3n) is 1.93. The molecule has 0 aromatic carbocycles. The Bertz CT molecular complexity index is 188. The van der Waals surface area contributed by atoms with E-state index in [4.69, 9.17) is 46.4 Å². The Hall–Kier alpha value is 1.08. The van der Waals surface area contributed by atoms with Crippen LogP contribution in [-0.2, 0) is 0 Å². The lowest BCUT2D eigenvalue weighted by Crippen LogP contribution is -2.61. The Labute approximate surface area is 104 Å². The van der Waals surface area contributed by atoms with E-state index in [0.717, 1.165) is 0 Å². The van der Waals surface area contributed by atoms with E-state index in [9.17, 15) is 10.2 Å². The van der Waals surface area contributed by atoms with Crippen LogP contribution in [0.3, 0.4) is 0 Å². The van der Waals surface area contributed by atoms with E-state index in [1.54, 1.807) is 0 Å². The largest absolute Gasteiger partial charge is 0.387 e. The lowest BCUT2D eigenvalue weighted by molar-refractivity contribution is 0.000382. The van der Waals surface area contributed by atoms with Crippen LogP contribution in [0.4, 0.5) is 0 Å². The zero-order valence-corrected chi connectivity index (χ0v) is 11.4. The van der Waals surface area contributed by atoms with Crippen LogP contribution in [0.15, 0.2) is 0 Å². The lowest BCUT2D eigenvalue weighted by atomic mass is 9.91. The number of halogens is 4. The molecule has 0 aliphatic rings. The molecule has 0 aliphatic carbocycles. The van der Waals surface area contributed by atoms with Crippen LogP contribution in [0.5, 0.6) is 0 Å². The van der Waals surface area contributed by atoms with Gasteiger partial charge in [0.15, 0.2) is 8.67 Å². The van der Waals surface area contributed by atoms with Gasteiger partial charge in [-0.15, -0.1) is 0 Å². The van der Waals surface area contributed by atoms with Gasteiger partial charge in [-0.2, -0.15) is 0 Å². The van der Waals surface area contributed by atoms with Crippen molar-refractivity contribution in [3.63, 3.8) is 0 Å². The van der Waals surface area contributed by atoms with Crippen molar-refractivity contribution in [1.29, 1.82) is 0 Å². The Morgan fingerprint density at radius 2 is 0.786 bits per heavy atom. The molecule has 0 aromatic rings. The van der Waals surface area contributed by atoms with Crippen molar-refractivity contribution < 1.29 is 10.2 Å². The fourth-order valence-corrected chi connectivity index (χ4v) is 1.69. The summed E-state index contributed by atoms with van der Waals surface area (Å²) in [6.45, 7) is 5.44. The van der Waals surface area contributed by atoms with E-state index in [0.29, 0.717) is 0 Å². The molecule has 6 heteroatoms. The fraction of sp³-hybridized carbons (Fsp3) is 1.00. The summed E-state index contributed by atoms with van der Waals surface area (Å²) in [6.07, 6.45) is 0. The van der Waals surface area contributed by atoms with Crippen LogP contribution >= 0.6 is 46.4 Å². The Balaban J connectivity index is 5.30. The normalized spacial score (nSPS) is 15.9. The van der Waals surface area contributed by atoms with Gasteiger partial charge in [0.25, 0.3) is 0 Å². The zero-order chi connectivity index (χ0) is 12.0. The monoisotopic (exact) mass is 282 g/mol. The third-order valence-corrected chi connectivity index (χ3v) is 5.30. The molecule has 2 N–H and O–H groups in total. The highest BCUT2D eigenvalue weighted by molar-refractivity contribution is 6.63. The maximum Gasteiger partial charge on any atom is 0.181 e. The highest BCUT2D eigenvalue weighted by atomic mass is 35.5. The first-order valence-electron chi connectivity index (χ1n) is 3.95. The van der Waals surface area contributed by atoms with Crippen molar-refractivity contribution in [2.45, 2.75) is 47.6 Å². The smallest absolute Gasteiger partial charge is 0.181 e. The second-order valence-corrected chi connectivity index (χ2v) is 6.92. The molecule has 86 valence electrons. The van der Waals surface area contributed by atoms with Gasteiger partial charge in [-0.1, -0.05) is 46.4 Å². The molecular formula is C8H14Cl4O2. The van der Waals surface area contributed by atoms with Crippen LogP contribution in [0.1, 0.15) is 27.7 Å². The SMILES string of the molecule is CC(C)(O)C(Cl)(Cl)C(Cl)(Cl)C(C)(C)O. The minimum atomic E-state index is -1.90. The molecular weight excluding hydrogens is 270 g/mol. The van der Waals surface area contributed by atoms with Crippen LogP contribution in [0.2, 0.25) is 0 Å². The van der Waals surface area contributed by atoms with E-state index in [-0.39, 0.29) is 0 Å². The predicted molar refractivity (Wildman–Crippen MR) is 61.5 cm³/mol. The molecule has 2 nitrogen and oxygen atoms in total.